The standard InChI is InChI=1S/C77H57N7/c1-77(2)63-35-18-15-32-55(63)59-42-60-56-33-16-19-36-69(56)84(74(60)45-64(59)77)76-80-67(50-26-11-5-12-27-50)47-68(81-76)53-29-21-28-51(40-53)52-38-39-58-62-44-73-61(43-72(62)82(71(58)41-52)54-30-13-6-14-31-54)57-34-17-20-37-70(57)83(73)75-78-65(48-22-7-3-8-23-48)46-66(79-75)49-24-9-4-10-25-49/h3-47,68,75-76,78,80-81H,1-2H3. The SMILES string of the molecule is CC1(C)c2ccccc2-c2cc3c4ccccc4n(C4NC(c5ccccc5)=CC(c5cccc(-c6ccc7c8cc9c(cc8n(-c8ccccc8)c7c6)c6ccccc6n9C6N=C(c7ccccc7)C=C(c7ccccc7)N6)c5)N4)c3cc21. The van der Waals surface area contributed by atoms with Crippen LogP contribution in [0.1, 0.15) is 65.8 Å². The van der Waals surface area contributed by atoms with Gasteiger partial charge in [0, 0.05) is 54.8 Å². The minimum absolute atomic E-state index is 0.128. The predicted octanol–water partition coefficient (Wildman–Crippen LogP) is 18.0. The molecule has 3 aliphatic rings. The van der Waals surface area contributed by atoms with Crippen LogP contribution in [0.2, 0.25) is 0 Å². The van der Waals surface area contributed by atoms with Crippen molar-refractivity contribution >= 4 is 82.5 Å². The van der Waals surface area contributed by atoms with Crippen molar-refractivity contribution in [3.63, 3.8) is 0 Å². The number of para-hydroxylation sites is 3. The van der Waals surface area contributed by atoms with Gasteiger partial charge in [-0.3, -0.25) is 5.32 Å². The fourth-order valence-corrected chi connectivity index (χ4v) is 14.1. The number of hydrogen-bond donors (Lipinski definition) is 3. The van der Waals surface area contributed by atoms with Gasteiger partial charge in [0.1, 0.15) is 0 Å². The molecule has 2 aliphatic heterocycles. The summed E-state index contributed by atoms with van der Waals surface area (Å²) in [6.07, 6.45) is 3.85. The first-order valence-corrected chi connectivity index (χ1v) is 29.2. The summed E-state index contributed by atoms with van der Waals surface area (Å²) in [5, 5.41) is 19.3. The third-order valence-electron chi connectivity index (χ3n) is 18.1. The Morgan fingerprint density at radius 1 is 0.381 bits per heavy atom. The summed E-state index contributed by atoms with van der Waals surface area (Å²) in [5.74, 6) is 0. The zero-order valence-electron chi connectivity index (χ0n) is 46.5. The molecule has 3 atom stereocenters. The van der Waals surface area contributed by atoms with E-state index in [1.807, 2.05) is 0 Å². The van der Waals surface area contributed by atoms with Crippen molar-refractivity contribution in [2.24, 2.45) is 4.99 Å². The predicted molar refractivity (Wildman–Crippen MR) is 348 cm³/mol. The van der Waals surface area contributed by atoms with Gasteiger partial charge in [0.2, 0.25) is 6.29 Å². The van der Waals surface area contributed by atoms with Crippen molar-refractivity contribution in [2.45, 2.75) is 37.9 Å². The fraction of sp³-hybridized carbons (Fsp3) is 0.0779. The number of nitrogens with zero attached hydrogens (tertiary/aromatic N) is 4. The molecule has 3 N–H and O–H groups in total. The molecule has 0 saturated carbocycles. The van der Waals surface area contributed by atoms with Crippen molar-refractivity contribution in [2.75, 3.05) is 0 Å². The Hall–Kier alpha value is -10.5. The Labute approximate surface area is 486 Å². The van der Waals surface area contributed by atoms with Crippen molar-refractivity contribution in [3.05, 3.63) is 306 Å². The second-order valence-corrected chi connectivity index (χ2v) is 23.2. The number of aromatic nitrogens is 3. The molecule has 0 saturated heterocycles. The Kier molecular flexibility index (Phi) is 10.8. The zero-order chi connectivity index (χ0) is 55.6. The second-order valence-electron chi connectivity index (χ2n) is 23.2. The quantitative estimate of drug-likeness (QED) is 0.142. The van der Waals surface area contributed by atoms with E-state index >= 15 is 0 Å². The summed E-state index contributed by atoms with van der Waals surface area (Å²) in [5.41, 5.74) is 23.2. The first-order chi connectivity index (χ1) is 41.4. The van der Waals surface area contributed by atoms with E-state index < -0.39 is 6.29 Å². The average Bonchev–Trinajstić information content (AvgIpc) is 1.82. The van der Waals surface area contributed by atoms with Gasteiger partial charge >= 0.3 is 0 Å². The Morgan fingerprint density at radius 3 is 1.69 bits per heavy atom. The Bertz CT molecular complexity index is 5080. The van der Waals surface area contributed by atoms with E-state index in [2.05, 4.69) is 317 Å². The van der Waals surface area contributed by atoms with Crippen LogP contribution in [0.3, 0.4) is 0 Å². The number of rotatable bonds is 8. The highest BCUT2D eigenvalue weighted by atomic mass is 15.3. The van der Waals surface area contributed by atoms with Gasteiger partial charge in [-0.15, -0.1) is 0 Å². The molecule has 5 heterocycles. The van der Waals surface area contributed by atoms with Crippen LogP contribution in [0.15, 0.2) is 278 Å². The number of nitrogens with one attached hydrogen (secondary N) is 3. The van der Waals surface area contributed by atoms with E-state index in [-0.39, 0.29) is 17.7 Å². The van der Waals surface area contributed by atoms with Crippen LogP contribution in [0, 0.1) is 0 Å². The maximum Gasteiger partial charge on any atom is 0.201 e. The highest BCUT2D eigenvalue weighted by molar-refractivity contribution is 6.19. The first kappa shape index (κ1) is 48.3. The minimum Gasteiger partial charge on any atom is -0.352 e. The smallest absolute Gasteiger partial charge is 0.201 e. The highest BCUT2D eigenvalue weighted by Gasteiger charge is 2.37. The molecule has 0 spiro atoms. The summed E-state index contributed by atoms with van der Waals surface area (Å²) in [4.78, 5) is 5.51. The van der Waals surface area contributed by atoms with E-state index in [0.717, 1.165) is 72.7 Å². The number of benzene rings is 11. The minimum atomic E-state index is -0.418. The molecule has 1 aliphatic carbocycles. The second kappa shape index (κ2) is 18.8. The molecule has 17 rings (SSSR count). The molecular formula is C77H57N7. The largest absolute Gasteiger partial charge is 0.352 e. The maximum absolute atomic E-state index is 5.51. The number of fused-ring (bicyclic) bond motifs is 12. The van der Waals surface area contributed by atoms with E-state index in [9.17, 15) is 0 Å². The Balaban J connectivity index is 0.800. The highest BCUT2D eigenvalue weighted by Crippen LogP contribution is 2.51. The molecule has 14 aromatic rings. The van der Waals surface area contributed by atoms with Crippen molar-refractivity contribution < 1.29 is 0 Å². The lowest BCUT2D eigenvalue weighted by Crippen LogP contribution is -2.43. The monoisotopic (exact) mass is 1080 g/mol. The van der Waals surface area contributed by atoms with E-state index in [0.29, 0.717) is 0 Å². The molecule has 400 valence electrons. The molecule has 0 radical (unpaired) electrons. The zero-order valence-corrected chi connectivity index (χ0v) is 46.5. The van der Waals surface area contributed by atoms with Gasteiger partial charge in [0.05, 0.1) is 44.9 Å². The third-order valence-corrected chi connectivity index (χ3v) is 18.1. The van der Waals surface area contributed by atoms with Gasteiger partial charge in [-0.05, 0) is 128 Å². The normalized spacial score (nSPS) is 17.3. The van der Waals surface area contributed by atoms with E-state index in [4.69, 9.17) is 4.99 Å². The summed E-state index contributed by atoms with van der Waals surface area (Å²) < 4.78 is 7.36. The Morgan fingerprint density at radius 2 is 0.940 bits per heavy atom. The first-order valence-electron chi connectivity index (χ1n) is 29.2. The molecule has 3 unspecified atom stereocenters. The number of allylic oxidation sites excluding steroid dienone is 1. The molecule has 3 aromatic heterocycles. The van der Waals surface area contributed by atoms with Crippen LogP contribution >= 0.6 is 0 Å². The van der Waals surface area contributed by atoms with Crippen molar-refractivity contribution in [1.29, 1.82) is 0 Å². The molecule has 84 heavy (non-hydrogen) atoms. The fourth-order valence-electron chi connectivity index (χ4n) is 14.1. The van der Waals surface area contributed by atoms with Gasteiger partial charge in [-0.2, -0.15) is 0 Å². The van der Waals surface area contributed by atoms with Gasteiger partial charge in [-0.25, -0.2) is 4.99 Å². The lowest BCUT2D eigenvalue weighted by molar-refractivity contribution is 0.350. The van der Waals surface area contributed by atoms with Crippen LogP contribution in [0.4, 0.5) is 0 Å². The van der Waals surface area contributed by atoms with Crippen LogP contribution in [-0.2, 0) is 5.41 Å². The van der Waals surface area contributed by atoms with Crippen LogP contribution in [0.5, 0.6) is 0 Å². The molecule has 0 bridgehead atoms. The van der Waals surface area contributed by atoms with Crippen molar-refractivity contribution in [1.82, 2.24) is 29.7 Å². The number of hydrogen-bond acceptors (Lipinski definition) is 4. The number of aliphatic imine (C=N–C) groups is 1. The summed E-state index contributed by atoms with van der Waals surface area (Å²) in [6.45, 7) is 4.74. The van der Waals surface area contributed by atoms with Gasteiger partial charge < -0.3 is 24.3 Å². The van der Waals surface area contributed by atoms with Gasteiger partial charge in [0.25, 0.3) is 0 Å². The maximum atomic E-state index is 5.51. The van der Waals surface area contributed by atoms with Crippen LogP contribution in [-0.4, -0.2) is 19.4 Å². The molecule has 11 aromatic carbocycles. The molecular weight excluding hydrogens is 1020 g/mol. The van der Waals surface area contributed by atoms with Crippen LogP contribution < -0.4 is 16.0 Å². The molecule has 0 fully saturated rings. The average molecular weight is 1080 g/mol. The van der Waals surface area contributed by atoms with Gasteiger partial charge in [0.15, 0.2) is 6.29 Å². The van der Waals surface area contributed by atoms with E-state index in [1.54, 1.807) is 0 Å². The third kappa shape index (κ3) is 7.52. The lowest BCUT2D eigenvalue weighted by Gasteiger charge is -2.35. The van der Waals surface area contributed by atoms with Crippen LogP contribution in [0.25, 0.3) is 105 Å². The summed E-state index contributed by atoms with van der Waals surface area (Å²) >= 11 is 0. The summed E-state index contributed by atoms with van der Waals surface area (Å²) in [6, 6.07) is 95.2. The van der Waals surface area contributed by atoms with Gasteiger partial charge in [-0.1, -0.05) is 214 Å². The topological polar surface area (TPSA) is 63.2 Å². The lowest BCUT2D eigenvalue weighted by atomic mass is 9.82. The van der Waals surface area contributed by atoms with Crippen molar-refractivity contribution in [3.8, 4) is 27.9 Å². The molecule has 7 heteroatoms. The van der Waals surface area contributed by atoms with E-state index in [1.165, 1.54) is 71.2 Å². The summed E-state index contributed by atoms with van der Waals surface area (Å²) in [7, 11) is 0. The molecule has 0 amide bonds. The molecule has 7 nitrogen and oxygen atoms in total.